The van der Waals surface area contributed by atoms with Crippen LogP contribution in [0.2, 0.25) is 0 Å². The van der Waals surface area contributed by atoms with Gasteiger partial charge in [-0.1, -0.05) is 0 Å². The van der Waals surface area contributed by atoms with E-state index in [0.29, 0.717) is 17.0 Å². The predicted octanol–water partition coefficient (Wildman–Crippen LogP) is 2.86. The summed E-state index contributed by atoms with van der Waals surface area (Å²) in [5.41, 5.74) is 0.825. The number of oxazole rings is 1. The Labute approximate surface area is 181 Å². The molecule has 0 aliphatic rings. The smallest absolute Gasteiger partial charge is 0.419 e. The van der Waals surface area contributed by atoms with Gasteiger partial charge in [0, 0.05) is 24.7 Å². The number of aromatic nitrogens is 1. The summed E-state index contributed by atoms with van der Waals surface area (Å²) in [5, 5.41) is 13.5. The van der Waals surface area contributed by atoms with Crippen molar-refractivity contribution in [2.24, 2.45) is 0 Å². The Balaban J connectivity index is 1.51. The number of non-ortho nitro benzene ring substituents is 1. The van der Waals surface area contributed by atoms with Gasteiger partial charge in [-0.2, -0.15) is 0 Å². The van der Waals surface area contributed by atoms with Crippen molar-refractivity contribution < 1.29 is 28.4 Å². The Morgan fingerprint density at radius 3 is 2.59 bits per heavy atom. The number of amides is 1. The maximum absolute atomic E-state index is 12.2. The molecule has 32 heavy (non-hydrogen) atoms. The van der Waals surface area contributed by atoms with Crippen molar-refractivity contribution in [2.45, 2.75) is 32.4 Å². The molecule has 168 valence electrons. The van der Waals surface area contributed by atoms with Crippen LogP contribution in [0.5, 0.6) is 5.75 Å². The van der Waals surface area contributed by atoms with Crippen molar-refractivity contribution in [1.82, 2.24) is 4.57 Å². The largest absolute Gasteiger partial charge is 0.497 e. The van der Waals surface area contributed by atoms with Gasteiger partial charge in [-0.25, -0.2) is 4.79 Å². The van der Waals surface area contributed by atoms with Gasteiger partial charge in [0.25, 0.3) is 11.6 Å². The van der Waals surface area contributed by atoms with Gasteiger partial charge in [0.2, 0.25) is 0 Å². The molecule has 3 aromatic rings. The molecule has 2 aromatic carbocycles. The lowest BCUT2D eigenvalue weighted by atomic mass is 10.2. The van der Waals surface area contributed by atoms with Crippen LogP contribution in [0.4, 0.5) is 11.4 Å². The van der Waals surface area contributed by atoms with E-state index in [1.807, 2.05) is 0 Å². The molecule has 0 aliphatic carbocycles. The zero-order valence-electron chi connectivity index (χ0n) is 17.4. The quantitative estimate of drug-likeness (QED) is 0.302. The lowest BCUT2D eigenvalue weighted by molar-refractivity contribution is -0.384. The van der Waals surface area contributed by atoms with Gasteiger partial charge >= 0.3 is 11.7 Å². The van der Waals surface area contributed by atoms with E-state index >= 15 is 0 Å². The first-order valence-corrected chi connectivity index (χ1v) is 9.70. The van der Waals surface area contributed by atoms with Crippen LogP contribution >= 0.6 is 0 Å². The average Bonchev–Trinajstić information content (AvgIpc) is 3.08. The van der Waals surface area contributed by atoms with Crippen molar-refractivity contribution in [3.05, 3.63) is 63.1 Å². The minimum absolute atomic E-state index is 0.0355. The van der Waals surface area contributed by atoms with Crippen LogP contribution in [0.15, 0.2) is 51.7 Å². The number of nitrogens with zero attached hydrogens (tertiary/aromatic N) is 2. The maximum atomic E-state index is 12.2. The zero-order valence-corrected chi connectivity index (χ0v) is 17.4. The summed E-state index contributed by atoms with van der Waals surface area (Å²) in [6.07, 6.45) is -0.800. The van der Waals surface area contributed by atoms with E-state index in [0.717, 1.165) is 0 Å². The molecule has 1 N–H and O–H groups in total. The fraction of sp³-hybridized carbons (Fsp3) is 0.286. The normalized spacial score (nSPS) is 11.7. The Kier molecular flexibility index (Phi) is 6.88. The number of nitro benzene ring substituents is 1. The van der Waals surface area contributed by atoms with Gasteiger partial charge in [-0.05, 0) is 43.7 Å². The van der Waals surface area contributed by atoms with Crippen molar-refractivity contribution in [1.29, 1.82) is 0 Å². The summed E-state index contributed by atoms with van der Waals surface area (Å²) in [4.78, 5) is 46.6. The molecule has 0 aliphatic heterocycles. The van der Waals surface area contributed by atoms with Crippen LogP contribution in [0, 0.1) is 10.1 Å². The minimum Gasteiger partial charge on any atom is -0.497 e. The third kappa shape index (κ3) is 5.31. The van der Waals surface area contributed by atoms with Gasteiger partial charge in [0.1, 0.15) is 5.75 Å². The topological polar surface area (TPSA) is 143 Å². The second-order valence-electron chi connectivity index (χ2n) is 6.88. The van der Waals surface area contributed by atoms with Crippen LogP contribution in [0.25, 0.3) is 11.1 Å². The molecule has 3 rings (SSSR count). The van der Waals surface area contributed by atoms with E-state index in [4.69, 9.17) is 13.9 Å². The highest BCUT2D eigenvalue weighted by atomic mass is 16.6. The third-order valence-electron chi connectivity index (χ3n) is 4.66. The fourth-order valence-corrected chi connectivity index (χ4v) is 2.99. The summed E-state index contributed by atoms with van der Waals surface area (Å²) < 4.78 is 16.5. The minimum atomic E-state index is -1.01. The van der Waals surface area contributed by atoms with Gasteiger partial charge in [0.15, 0.2) is 11.7 Å². The van der Waals surface area contributed by atoms with E-state index in [-0.39, 0.29) is 30.7 Å². The Hall–Kier alpha value is -4.15. The first kappa shape index (κ1) is 22.5. The molecule has 0 radical (unpaired) electrons. The highest BCUT2D eigenvalue weighted by molar-refractivity contribution is 5.95. The maximum Gasteiger partial charge on any atom is 0.419 e. The number of carbonyl (C=O) groups is 2. The van der Waals surface area contributed by atoms with Crippen molar-refractivity contribution in [3.63, 3.8) is 0 Å². The van der Waals surface area contributed by atoms with Crippen molar-refractivity contribution in [3.8, 4) is 5.75 Å². The molecule has 1 aromatic heterocycles. The first-order valence-electron chi connectivity index (χ1n) is 9.70. The van der Waals surface area contributed by atoms with E-state index < -0.39 is 28.7 Å². The van der Waals surface area contributed by atoms with Gasteiger partial charge in [-0.3, -0.25) is 24.3 Å². The number of nitro groups is 1. The second-order valence-corrected chi connectivity index (χ2v) is 6.88. The number of methoxy groups -OCH3 is 1. The molecular formula is C21H21N3O8. The SMILES string of the molecule is COc1ccc(NC(=O)C(C)OC(=O)CCCn2c(=O)oc3cc([N+](=O)[O-])ccc32)cc1. The van der Waals surface area contributed by atoms with Gasteiger partial charge < -0.3 is 19.2 Å². The molecule has 1 atom stereocenters. The Morgan fingerprint density at radius 2 is 1.94 bits per heavy atom. The zero-order chi connectivity index (χ0) is 23.3. The number of hydrogen-bond donors (Lipinski definition) is 1. The highest BCUT2D eigenvalue weighted by Crippen LogP contribution is 2.20. The fourth-order valence-electron chi connectivity index (χ4n) is 2.99. The second kappa shape index (κ2) is 9.77. The summed E-state index contributed by atoms with van der Waals surface area (Å²) in [5.74, 6) is -1.12. The molecule has 1 heterocycles. The molecular weight excluding hydrogens is 422 g/mol. The number of carbonyl (C=O) groups excluding carboxylic acids is 2. The molecule has 1 unspecified atom stereocenters. The number of hydrogen-bond acceptors (Lipinski definition) is 8. The summed E-state index contributed by atoms with van der Waals surface area (Å²) in [6.45, 7) is 1.60. The number of nitrogens with one attached hydrogen (secondary N) is 1. The standard InChI is InChI=1S/C21H21N3O8/c1-13(20(26)22-14-5-8-16(30-2)9-6-14)31-19(25)4-3-11-23-17-10-7-15(24(28)29)12-18(17)32-21(23)27/h5-10,12-13H,3-4,11H2,1-2H3,(H,22,26). The molecule has 0 saturated heterocycles. The average molecular weight is 443 g/mol. The molecule has 11 nitrogen and oxygen atoms in total. The van der Waals surface area contributed by atoms with E-state index in [2.05, 4.69) is 5.32 Å². The lowest BCUT2D eigenvalue weighted by Gasteiger charge is -2.14. The molecule has 0 bridgehead atoms. The number of fused-ring (bicyclic) bond motifs is 1. The summed E-state index contributed by atoms with van der Waals surface area (Å²) >= 11 is 0. The Morgan fingerprint density at radius 1 is 1.22 bits per heavy atom. The number of aryl methyl sites for hydroxylation is 1. The highest BCUT2D eigenvalue weighted by Gasteiger charge is 2.19. The lowest BCUT2D eigenvalue weighted by Crippen LogP contribution is -2.30. The number of esters is 1. The predicted molar refractivity (Wildman–Crippen MR) is 114 cm³/mol. The third-order valence-corrected chi connectivity index (χ3v) is 4.66. The van der Waals surface area contributed by atoms with Crippen LogP contribution in [-0.2, 0) is 20.9 Å². The van der Waals surface area contributed by atoms with Crippen LogP contribution < -0.4 is 15.8 Å². The van der Waals surface area contributed by atoms with E-state index in [9.17, 15) is 24.5 Å². The van der Waals surface area contributed by atoms with Crippen molar-refractivity contribution >= 4 is 34.4 Å². The van der Waals surface area contributed by atoms with Gasteiger partial charge in [-0.15, -0.1) is 0 Å². The molecule has 1 amide bonds. The molecule has 0 fully saturated rings. The summed E-state index contributed by atoms with van der Waals surface area (Å²) in [7, 11) is 1.53. The van der Waals surface area contributed by atoms with Crippen LogP contribution in [-0.4, -0.2) is 34.6 Å². The van der Waals surface area contributed by atoms with Crippen molar-refractivity contribution in [2.75, 3.05) is 12.4 Å². The molecule has 0 spiro atoms. The van der Waals surface area contributed by atoms with Gasteiger partial charge in [0.05, 0.1) is 23.6 Å². The van der Waals surface area contributed by atoms with Crippen LogP contribution in [0.1, 0.15) is 19.8 Å². The monoisotopic (exact) mass is 443 g/mol. The Bertz CT molecular complexity index is 1200. The molecule has 11 heteroatoms. The van der Waals surface area contributed by atoms with Crippen LogP contribution in [0.3, 0.4) is 0 Å². The number of anilines is 1. The van der Waals surface area contributed by atoms with E-state index in [1.165, 1.54) is 36.8 Å². The first-order chi connectivity index (χ1) is 15.3. The van der Waals surface area contributed by atoms with E-state index in [1.54, 1.807) is 24.3 Å². The molecule has 0 saturated carbocycles. The summed E-state index contributed by atoms with van der Waals surface area (Å²) in [6, 6.07) is 10.6. The number of rotatable bonds is 9. The number of ether oxygens (including phenoxy) is 2. The number of benzene rings is 2.